The van der Waals surface area contributed by atoms with E-state index < -0.39 is 34.5 Å². The number of hydrogen-bond acceptors (Lipinski definition) is 9. The highest BCUT2D eigenvalue weighted by Crippen LogP contribution is 2.63. The summed E-state index contributed by atoms with van der Waals surface area (Å²) < 4.78 is 42.5. The lowest BCUT2D eigenvalue weighted by molar-refractivity contribution is -0.173. The minimum absolute atomic E-state index is 0.0328. The van der Waals surface area contributed by atoms with Gasteiger partial charge in [-0.05, 0) is 104 Å². The van der Waals surface area contributed by atoms with Crippen molar-refractivity contribution in [2.75, 3.05) is 40.6 Å². The summed E-state index contributed by atoms with van der Waals surface area (Å²) in [4.78, 5) is 25.9. The van der Waals surface area contributed by atoms with Crippen LogP contribution in [0.15, 0.2) is 183 Å². The Morgan fingerprint density at radius 3 is 1.62 bits per heavy atom. The molecule has 66 heavy (non-hydrogen) atoms. The first-order valence-corrected chi connectivity index (χ1v) is 22.1. The molecule has 3 unspecified atom stereocenters. The Balaban J connectivity index is 0.877. The average molecular weight is 877 g/mol. The highest BCUT2D eigenvalue weighted by Gasteiger charge is 2.64. The molecule has 7 aromatic carbocycles. The molecule has 0 heterocycles. The Hall–Kier alpha value is -7.46. The van der Waals surface area contributed by atoms with E-state index in [2.05, 4.69) is 79.4 Å². The molecule has 0 saturated heterocycles. The highest BCUT2D eigenvalue weighted by molar-refractivity contribution is 5.86. The molecule has 3 atom stereocenters. The number of rotatable bonds is 16. The maximum atomic E-state index is 14.4. The quantitative estimate of drug-likeness (QED) is 0.0534. The summed E-state index contributed by atoms with van der Waals surface area (Å²) in [6.45, 7) is 3.95. The number of methoxy groups -OCH3 is 2. The Morgan fingerprint density at radius 2 is 1.05 bits per heavy atom. The third kappa shape index (κ3) is 6.85. The minimum atomic E-state index is -1.12. The second-order valence-electron chi connectivity index (χ2n) is 16.5. The third-order valence-corrected chi connectivity index (χ3v) is 13.4. The van der Waals surface area contributed by atoms with Gasteiger partial charge in [-0.1, -0.05) is 128 Å². The van der Waals surface area contributed by atoms with Crippen LogP contribution in [0, 0.1) is 5.92 Å². The second kappa shape index (κ2) is 17.5. The Labute approximate surface area is 384 Å². The first-order chi connectivity index (χ1) is 32.4. The molecule has 2 bridgehead atoms. The van der Waals surface area contributed by atoms with Crippen molar-refractivity contribution in [1.82, 2.24) is 0 Å². The molecule has 0 amide bonds. The van der Waals surface area contributed by atoms with Crippen LogP contribution in [0.1, 0.15) is 50.9 Å². The van der Waals surface area contributed by atoms with Crippen molar-refractivity contribution in [1.29, 1.82) is 0 Å². The average Bonchev–Trinajstić information content (AvgIpc) is 3.68. The van der Waals surface area contributed by atoms with Gasteiger partial charge in [-0.25, -0.2) is 4.79 Å². The van der Waals surface area contributed by atoms with Crippen LogP contribution in [0.25, 0.3) is 11.1 Å². The van der Waals surface area contributed by atoms with Crippen LogP contribution >= 0.6 is 0 Å². The summed E-state index contributed by atoms with van der Waals surface area (Å²) in [5, 5.41) is 0. The van der Waals surface area contributed by atoms with E-state index in [1.807, 2.05) is 97.1 Å². The molecule has 9 heteroatoms. The van der Waals surface area contributed by atoms with Gasteiger partial charge in [0.15, 0.2) is 0 Å². The van der Waals surface area contributed by atoms with Gasteiger partial charge in [-0.3, -0.25) is 4.79 Å². The van der Waals surface area contributed by atoms with Crippen LogP contribution < -0.4 is 14.2 Å². The molecule has 7 aromatic rings. The number of ether oxygens (including phenoxy) is 7. The van der Waals surface area contributed by atoms with E-state index in [0.29, 0.717) is 23.7 Å². The fourth-order valence-corrected chi connectivity index (χ4v) is 10.6. The van der Waals surface area contributed by atoms with E-state index in [1.165, 1.54) is 22.3 Å². The lowest BCUT2D eigenvalue weighted by Crippen LogP contribution is -2.58. The van der Waals surface area contributed by atoms with Gasteiger partial charge < -0.3 is 33.2 Å². The van der Waals surface area contributed by atoms with Gasteiger partial charge in [-0.2, -0.15) is 0 Å². The molecule has 4 aliphatic carbocycles. The fraction of sp³-hybridized carbons (Fsp3) is 0.193. The monoisotopic (exact) mass is 876 g/mol. The summed E-state index contributed by atoms with van der Waals surface area (Å²) in [6.07, 6.45) is 1.45. The van der Waals surface area contributed by atoms with E-state index in [1.54, 1.807) is 14.2 Å². The lowest BCUT2D eigenvalue weighted by atomic mass is 9.54. The Kier molecular flexibility index (Phi) is 11.3. The van der Waals surface area contributed by atoms with Gasteiger partial charge in [0.2, 0.25) is 0 Å². The fourth-order valence-electron chi connectivity index (χ4n) is 10.6. The van der Waals surface area contributed by atoms with E-state index in [9.17, 15) is 9.59 Å². The number of carbonyl (C=O) groups is 2. The van der Waals surface area contributed by atoms with Crippen molar-refractivity contribution in [3.63, 3.8) is 0 Å². The number of fused-ring (bicyclic) bond motifs is 4. The second-order valence-corrected chi connectivity index (χ2v) is 16.5. The molecule has 0 N–H and O–H groups in total. The highest BCUT2D eigenvalue weighted by atomic mass is 16.6. The Bertz CT molecular complexity index is 2880. The largest absolute Gasteiger partial charge is 0.490 e. The zero-order valence-electron chi connectivity index (χ0n) is 36.7. The van der Waals surface area contributed by atoms with Crippen LogP contribution in [-0.2, 0) is 45.2 Å². The molecular weight excluding hydrogens is 829 g/mol. The van der Waals surface area contributed by atoms with E-state index in [0.717, 1.165) is 45.2 Å². The molecule has 0 spiro atoms. The van der Waals surface area contributed by atoms with Crippen molar-refractivity contribution >= 4 is 11.9 Å². The van der Waals surface area contributed by atoms with E-state index >= 15 is 0 Å². The zero-order chi connectivity index (χ0) is 45.3. The molecule has 0 aliphatic heterocycles. The van der Waals surface area contributed by atoms with Gasteiger partial charge in [0.05, 0.1) is 11.3 Å². The van der Waals surface area contributed by atoms with Crippen molar-refractivity contribution in [2.24, 2.45) is 5.92 Å². The van der Waals surface area contributed by atoms with Gasteiger partial charge in [0.1, 0.15) is 60.6 Å². The normalized spacial score (nSPS) is 19.0. The van der Waals surface area contributed by atoms with Crippen molar-refractivity contribution in [2.45, 2.75) is 23.0 Å². The number of hydrogen-bond donors (Lipinski definition) is 0. The van der Waals surface area contributed by atoms with Gasteiger partial charge in [0.25, 0.3) is 0 Å². The summed E-state index contributed by atoms with van der Waals surface area (Å²) in [5.41, 5.74) is 7.68. The van der Waals surface area contributed by atoms with Gasteiger partial charge >= 0.3 is 11.9 Å². The first-order valence-electron chi connectivity index (χ1n) is 22.1. The van der Waals surface area contributed by atoms with Crippen molar-refractivity contribution in [3.05, 3.63) is 227 Å². The molecule has 330 valence electrons. The molecule has 9 nitrogen and oxygen atoms in total. The maximum absolute atomic E-state index is 14.4. The molecular formula is C57H48O9. The van der Waals surface area contributed by atoms with Crippen LogP contribution in [0.2, 0.25) is 0 Å². The smallest absolute Gasteiger partial charge is 0.330 e. The van der Waals surface area contributed by atoms with Gasteiger partial charge in [-0.15, -0.1) is 0 Å². The molecule has 0 aromatic heterocycles. The summed E-state index contributed by atoms with van der Waals surface area (Å²) in [5.74, 6) is 1.10. The zero-order valence-corrected chi connectivity index (χ0v) is 36.7. The SMILES string of the molecule is C=CC(=O)OCCOc1ccc(C2(c3ccc(OCCOC(=O)C4CC5(OC)c6ccccc6C4(OC)c4ccc(Oc6ccccc6)cc45)cc3)c3ccccc3-c3ccccc32)cc1. The van der Waals surface area contributed by atoms with Crippen LogP contribution in [0.5, 0.6) is 23.0 Å². The van der Waals surface area contributed by atoms with Crippen LogP contribution in [0.4, 0.5) is 0 Å². The van der Waals surface area contributed by atoms with Gasteiger partial charge in [0, 0.05) is 26.7 Å². The minimum Gasteiger partial charge on any atom is -0.490 e. The summed E-state index contributed by atoms with van der Waals surface area (Å²) in [6, 6.07) is 56.8. The van der Waals surface area contributed by atoms with Crippen molar-refractivity contribution < 1.29 is 42.7 Å². The standard InChI is InChI=1S/C57H48O9/c1-4-53(58)64-34-32-62-40-26-22-38(23-27-40)56(46-18-10-8-16-44(46)45-17-9-11-19-47(45)56)39-24-28-41(29-25-39)63-33-35-65-54(59)52-37-55(60-2)48-20-12-13-21-49(48)57(52,61-3)50-31-30-43(36-51(50)55)66-42-14-6-5-7-15-42/h4-31,36,52H,1,32-35,37H2,2-3H3. The van der Waals surface area contributed by atoms with Crippen LogP contribution in [0.3, 0.4) is 0 Å². The molecule has 0 radical (unpaired) electrons. The number of carbonyl (C=O) groups excluding carboxylic acids is 2. The molecule has 4 aliphatic rings. The predicted octanol–water partition coefficient (Wildman–Crippen LogP) is 10.7. The van der Waals surface area contributed by atoms with Crippen molar-refractivity contribution in [3.8, 4) is 34.1 Å². The maximum Gasteiger partial charge on any atom is 0.330 e. The number of esters is 2. The van der Waals surface area contributed by atoms with Crippen LogP contribution in [-0.4, -0.2) is 52.6 Å². The summed E-state index contributed by atoms with van der Waals surface area (Å²) in [7, 11) is 3.34. The van der Waals surface area contributed by atoms with E-state index in [-0.39, 0.29) is 26.4 Å². The molecule has 11 rings (SSSR count). The lowest BCUT2D eigenvalue weighted by Gasteiger charge is -2.56. The Morgan fingerprint density at radius 1 is 0.530 bits per heavy atom. The third-order valence-electron chi connectivity index (χ3n) is 13.4. The predicted molar refractivity (Wildman–Crippen MR) is 250 cm³/mol. The van der Waals surface area contributed by atoms with E-state index in [4.69, 9.17) is 33.2 Å². The summed E-state index contributed by atoms with van der Waals surface area (Å²) >= 11 is 0. The first kappa shape index (κ1) is 42.5. The molecule has 0 saturated carbocycles. The number of benzene rings is 7. The molecule has 0 fully saturated rings. The number of para-hydroxylation sites is 1. The topological polar surface area (TPSA) is 98.8 Å².